The van der Waals surface area contributed by atoms with Gasteiger partial charge in [-0.2, -0.15) is 0 Å². The Bertz CT molecular complexity index is 1200. The van der Waals surface area contributed by atoms with Gasteiger partial charge in [-0.15, -0.1) is 0 Å². The minimum Gasteiger partial charge on any atom is -0.486 e. The van der Waals surface area contributed by atoms with E-state index in [1.165, 1.54) is 7.11 Å². The summed E-state index contributed by atoms with van der Waals surface area (Å²) >= 11 is 0. The van der Waals surface area contributed by atoms with Crippen molar-refractivity contribution in [3.05, 3.63) is 94.5 Å². The molecule has 0 aliphatic carbocycles. The van der Waals surface area contributed by atoms with Crippen LogP contribution in [0.2, 0.25) is 0 Å². The molecule has 1 heterocycles. The van der Waals surface area contributed by atoms with E-state index in [4.69, 9.17) is 14.2 Å². The van der Waals surface area contributed by atoms with Crippen LogP contribution in [0, 0.1) is 23.7 Å². The van der Waals surface area contributed by atoms with E-state index in [9.17, 15) is 4.79 Å². The Hall–Kier alpha value is -4.15. The van der Waals surface area contributed by atoms with Crippen molar-refractivity contribution in [2.45, 2.75) is 0 Å². The van der Waals surface area contributed by atoms with Gasteiger partial charge >= 0.3 is 5.97 Å². The quantitative estimate of drug-likeness (QED) is 0.462. The van der Waals surface area contributed by atoms with Gasteiger partial charge in [-0.05, 0) is 60.7 Å². The Morgan fingerprint density at radius 1 is 0.733 bits per heavy atom. The summed E-state index contributed by atoms with van der Waals surface area (Å²) in [5.41, 5.74) is 3.91. The van der Waals surface area contributed by atoms with E-state index in [0.717, 1.165) is 33.8 Å². The Kier molecular flexibility index (Phi) is 5.69. The fourth-order valence-electron chi connectivity index (χ4n) is 2.89. The van der Waals surface area contributed by atoms with Gasteiger partial charge in [0, 0.05) is 22.3 Å². The van der Waals surface area contributed by atoms with Gasteiger partial charge in [0.2, 0.25) is 0 Å². The molecule has 4 nitrogen and oxygen atoms in total. The molecule has 1 aliphatic heterocycles. The zero-order chi connectivity index (χ0) is 20.8. The van der Waals surface area contributed by atoms with Gasteiger partial charge < -0.3 is 14.2 Å². The average molecular weight is 394 g/mol. The summed E-state index contributed by atoms with van der Waals surface area (Å²) in [7, 11) is 1.36. The Morgan fingerprint density at radius 3 is 1.97 bits per heavy atom. The Morgan fingerprint density at radius 2 is 1.30 bits per heavy atom. The molecule has 1 aliphatic rings. The summed E-state index contributed by atoms with van der Waals surface area (Å²) in [5, 5.41) is 0. The highest BCUT2D eigenvalue weighted by molar-refractivity contribution is 5.89. The van der Waals surface area contributed by atoms with Crippen molar-refractivity contribution < 1.29 is 19.0 Å². The average Bonchev–Trinajstić information content (AvgIpc) is 2.81. The van der Waals surface area contributed by atoms with Crippen LogP contribution in [0.1, 0.15) is 32.6 Å². The molecular formula is C26H18O4. The first-order valence-corrected chi connectivity index (χ1v) is 9.43. The van der Waals surface area contributed by atoms with Gasteiger partial charge in [0.15, 0.2) is 11.5 Å². The van der Waals surface area contributed by atoms with Crippen LogP contribution >= 0.6 is 0 Å². The maximum atomic E-state index is 11.5. The number of benzene rings is 3. The number of carbonyl (C=O) groups excluding carboxylic acids is 1. The van der Waals surface area contributed by atoms with E-state index in [-0.39, 0.29) is 5.97 Å². The molecule has 0 saturated carbocycles. The second kappa shape index (κ2) is 8.90. The highest BCUT2D eigenvalue weighted by atomic mass is 16.6. The maximum absolute atomic E-state index is 11.5. The highest BCUT2D eigenvalue weighted by Gasteiger charge is 2.10. The zero-order valence-electron chi connectivity index (χ0n) is 16.4. The Balaban J connectivity index is 1.50. The lowest BCUT2D eigenvalue weighted by Gasteiger charge is -2.17. The first kappa shape index (κ1) is 19.2. The van der Waals surface area contributed by atoms with Gasteiger partial charge in [0.1, 0.15) is 13.2 Å². The summed E-state index contributed by atoms with van der Waals surface area (Å²) < 4.78 is 15.8. The SMILES string of the molecule is COC(=O)c1ccc(C#Cc2cccc(C#Cc3ccc4c(c3)OCCO4)c2)cc1. The monoisotopic (exact) mass is 394 g/mol. The minimum atomic E-state index is -0.362. The number of methoxy groups -OCH3 is 1. The predicted molar refractivity (Wildman–Crippen MR) is 114 cm³/mol. The summed E-state index contributed by atoms with van der Waals surface area (Å²) in [5.74, 6) is 13.7. The number of hydrogen-bond donors (Lipinski definition) is 0. The third kappa shape index (κ3) is 4.63. The number of carbonyl (C=O) groups is 1. The van der Waals surface area contributed by atoms with Crippen molar-refractivity contribution in [1.82, 2.24) is 0 Å². The minimum absolute atomic E-state index is 0.362. The number of hydrogen-bond acceptors (Lipinski definition) is 4. The third-order valence-electron chi connectivity index (χ3n) is 4.41. The summed E-state index contributed by atoms with van der Waals surface area (Å²) in [6, 6.07) is 20.4. The largest absolute Gasteiger partial charge is 0.486 e. The standard InChI is InChI=1S/C26H18O4/c1-28-26(27)23-12-9-19(10-13-23)5-6-20-3-2-4-21(17-20)7-8-22-11-14-24-25(18-22)30-16-15-29-24/h2-4,9-14,17-18H,15-16H2,1H3. The molecule has 0 aromatic heterocycles. The fraction of sp³-hybridized carbons (Fsp3) is 0.115. The number of ether oxygens (including phenoxy) is 3. The molecular weight excluding hydrogens is 376 g/mol. The van der Waals surface area contributed by atoms with E-state index < -0.39 is 0 Å². The van der Waals surface area contributed by atoms with Crippen LogP contribution < -0.4 is 9.47 Å². The molecule has 4 rings (SSSR count). The van der Waals surface area contributed by atoms with E-state index in [2.05, 4.69) is 23.7 Å². The number of esters is 1. The third-order valence-corrected chi connectivity index (χ3v) is 4.41. The van der Waals surface area contributed by atoms with Crippen molar-refractivity contribution in [2.24, 2.45) is 0 Å². The molecule has 0 saturated heterocycles. The molecule has 146 valence electrons. The van der Waals surface area contributed by atoms with E-state index in [1.54, 1.807) is 24.3 Å². The van der Waals surface area contributed by atoms with Crippen molar-refractivity contribution in [2.75, 3.05) is 20.3 Å². The Labute approximate surface area is 175 Å². The first-order valence-electron chi connectivity index (χ1n) is 9.43. The number of fused-ring (bicyclic) bond motifs is 1. The van der Waals surface area contributed by atoms with Crippen molar-refractivity contribution >= 4 is 5.97 Å². The van der Waals surface area contributed by atoms with Crippen LogP contribution in [0.5, 0.6) is 11.5 Å². The second-order valence-corrected chi connectivity index (χ2v) is 6.51. The molecule has 3 aromatic rings. The van der Waals surface area contributed by atoms with Crippen molar-refractivity contribution in [3.63, 3.8) is 0 Å². The fourth-order valence-corrected chi connectivity index (χ4v) is 2.89. The lowest BCUT2D eigenvalue weighted by molar-refractivity contribution is 0.0600. The summed E-state index contributed by atoms with van der Waals surface area (Å²) in [4.78, 5) is 11.5. The summed E-state index contributed by atoms with van der Waals surface area (Å²) in [6.45, 7) is 1.12. The van der Waals surface area contributed by atoms with Crippen molar-refractivity contribution in [1.29, 1.82) is 0 Å². The highest BCUT2D eigenvalue weighted by Crippen LogP contribution is 2.30. The van der Waals surface area contributed by atoms with E-state index in [1.807, 2.05) is 42.5 Å². The van der Waals surface area contributed by atoms with E-state index >= 15 is 0 Å². The van der Waals surface area contributed by atoms with Crippen LogP contribution in [-0.4, -0.2) is 26.3 Å². The zero-order valence-corrected chi connectivity index (χ0v) is 16.4. The topological polar surface area (TPSA) is 44.8 Å². The maximum Gasteiger partial charge on any atom is 0.337 e. The van der Waals surface area contributed by atoms with Crippen LogP contribution in [0.15, 0.2) is 66.7 Å². The second-order valence-electron chi connectivity index (χ2n) is 6.51. The van der Waals surface area contributed by atoms with Crippen LogP contribution in [0.4, 0.5) is 0 Å². The van der Waals surface area contributed by atoms with Crippen LogP contribution in [0.3, 0.4) is 0 Å². The number of rotatable bonds is 1. The molecule has 0 fully saturated rings. The molecule has 0 atom stereocenters. The van der Waals surface area contributed by atoms with Crippen LogP contribution in [0.25, 0.3) is 0 Å². The molecule has 3 aromatic carbocycles. The van der Waals surface area contributed by atoms with Gasteiger partial charge in [-0.1, -0.05) is 29.7 Å². The molecule has 4 heteroatoms. The smallest absolute Gasteiger partial charge is 0.337 e. The van der Waals surface area contributed by atoms with Gasteiger partial charge in [-0.25, -0.2) is 4.79 Å². The van der Waals surface area contributed by atoms with Gasteiger partial charge in [0.25, 0.3) is 0 Å². The predicted octanol–water partition coefficient (Wildman–Crippen LogP) is 4.04. The molecule has 0 bridgehead atoms. The molecule has 0 amide bonds. The van der Waals surface area contributed by atoms with E-state index in [0.29, 0.717) is 18.8 Å². The normalized spacial score (nSPS) is 11.4. The molecule has 30 heavy (non-hydrogen) atoms. The lowest BCUT2D eigenvalue weighted by atomic mass is 10.1. The van der Waals surface area contributed by atoms with Gasteiger partial charge in [-0.3, -0.25) is 0 Å². The van der Waals surface area contributed by atoms with Gasteiger partial charge in [0.05, 0.1) is 12.7 Å². The summed E-state index contributed by atoms with van der Waals surface area (Å²) in [6.07, 6.45) is 0. The molecule has 0 N–H and O–H groups in total. The molecule has 0 unspecified atom stereocenters. The lowest BCUT2D eigenvalue weighted by Crippen LogP contribution is -2.15. The first-order chi connectivity index (χ1) is 14.7. The molecule has 0 radical (unpaired) electrons. The van der Waals surface area contributed by atoms with Crippen LogP contribution in [-0.2, 0) is 4.74 Å². The molecule has 0 spiro atoms. The van der Waals surface area contributed by atoms with Crippen molar-refractivity contribution in [3.8, 4) is 35.2 Å².